The summed E-state index contributed by atoms with van der Waals surface area (Å²) in [5, 5.41) is 14.9. The molecule has 8 nitrogen and oxygen atoms in total. The van der Waals surface area contributed by atoms with Crippen molar-refractivity contribution in [2.45, 2.75) is 13.5 Å². The minimum Gasteiger partial charge on any atom is -0.486 e. The molecule has 2 heterocycles. The fourth-order valence-electron chi connectivity index (χ4n) is 2.43. The van der Waals surface area contributed by atoms with Crippen LogP contribution >= 0.6 is 0 Å². The van der Waals surface area contributed by atoms with Crippen LogP contribution in [0.4, 0.5) is 5.69 Å². The van der Waals surface area contributed by atoms with Gasteiger partial charge in [0.2, 0.25) is 5.78 Å². The van der Waals surface area contributed by atoms with Crippen molar-refractivity contribution in [1.82, 2.24) is 9.78 Å². The average molecular weight is 367 g/mol. The lowest BCUT2D eigenvalue weighted by Gasteiger charge is -2.05. The first-order valence-electron chi connectivity index (χ1n) is 8.11. The first-order chi connectivity index (χ1) is 12.9. The van der Waals surface area contributed by atoms with Gasteiger partial charge in [0.05, 0.1) is 4.92 Å². The molecule has 0 aliphatic heterocycles. The lowest BCUT2D eigenvalue weighted by atomic mass is 10.2. The molecule has 1 aromatic carbocycles. The Morgan fingerprint density at radius 2 is 2.15 bits per heavy atom. The molecule has 0 N–H and O–H groups in total. The number of carbonyl (C=O) groups is 1. The maximum absolute atomic E-state index is 12.0. The van der Waals surface area contributed by atoms with Crippen LogP contribution in [0.3, 0.4) is 0 Å². The van der Waals surface area contributed by atoms with Crippen LogP contribution < -0.4 is 4.74 Å². The fraction of sp³-hybridized carbons (Fsp3) is 0.158. The topological polar surface area (TPSA) is 100 Å². The molecule has 0 amide bonds. The van der Waals surface area contributed by atoms with Gasteiger partial charge in [-0.2, -0.15) is 5.10 Å². The van der Waals surface area contributed by atoms with E-state index in [1.54, 1.807) is 61.3 Å². The van der Waals surface area contributed by atoms with Crippen LogP contribution in [0.15, 0.2) is 53.1 Å². The normalized spacial score (nSPS) is 11.0. The number of nitrogens with zero attached hydrogens (tertiary/aromatic N) is 3. The van der Waals surface area contributed by atoms with Gasteiger partial charge in [0.15, 0.2) is 0 Å². The van der Waals surface area contributed by atoms with E-state index in [0.29, 0.717) is 28.5 Å². The summed E-state index contributed by atoms with van der Waals surface area (Å²) in [7, 11) is 1.74. The molecule has 27 heavy (non-hydrogen) atoms. The van der Waals surface area contributed by atoms with Gasteiger partial charge in [-0.15, -0.1) is 0 Å². The number of aromatic nitrogens is 2. The maximum atomic E-state index is 12.0. The van der Waals surface area contributed by atoms with Crippen LogP contribution in [0.25, 0.3) is 6.08 Å². The summed E-state index contributed by atoms with van der Waals surface area (Å²) in [5.74, 6) is 1.37. The van der Waals surface area contributed by atoms with Crippen molar-refractivity contribution in [2.24, 2.45) is 7.05 Å². The van der Waals surface area contributed by atoms with E-state index in [9.17, 15) is 14.9 Å². The van der Waals surface area contributed by atoms with Crippen molar-refractivity contribution < 1.29 is 18.9 Å². The molecule has 0 radical (unpaired) electrons. The molecule has 3 aromatic rings. The van der Waals surface area contributed by atoms with E-state index in [-0.39, 0.29) is 18.1 Å². The molecule has 138 valence electrons. The van der Waals surface area contributed by atoms with Crippen LogP contribution in [0.2, 0.25) is 0 Å². The van der Waals surface area contributed by atoms with Gasteiger partial charge in [0.25, 0.3) is 5.69 Å². The molecule has 0 saturated carbocycles. The van der Waals surface area contributed by atoms with Gasteiger partial charge in [-0.3, -0.25) is 19.6 Å². The molecule has 3 rings (SSSR count). The van der Waals surface area contributed by atoms with Crippen LogP contribution in [0.1, 0.15) is 27.6 Å². The third-order valence-electron chi connectivity index (χ3n) is 3.79. The lowest BCUT2D eigenvalue weighted by molar-refractivity contribution is -0.385. The number of hydrogen-bond donors (Lipinski definition) is 0. The van der Waals surface area contributed by atoms with Crippen LogP contribution in [0, 0.1) is 17.0 Å². The number of furan rings is 1. The van der Waals surface area contributed by atoms with E-state index in [1.807, 2.05) is 0 Å². The van der Waals surface area contributed by atoms with Crippen molar-refractivity contribution in [3.05, 3.63) is 81.6 Å². The van der Waals surface area contributed by atoms with E-state index in [2.05, 4.69) is 5.10 Å². The van der Waals surface area contributed by atoms with E-state index < -0.39 is 4.92 Å². The van der Waals surface area contributed by atoms with Gasteiger partial charge in [-0.05, 0) is 49.4 Å². The standard InChI is InChI=1S/C19H17N3O5/c1-13-11-15(5-7-18(13)22(24)25)26-12-16-4-3-14(27-16)6-8-19(23)17-9-10-21(2)20-17/h3-11H,12H2,1-2H3/b8-6+. The summed E-state index contributed by atoms with van der Waals surface area (Å²) in [6.45, 7) is 1.82. The Hall–Kier alpha value is -3.68. The number of ketones is 1. The summed E-state index contributed by atoms with van der Waals surface area (Å²) in [5.41, 5.74) is 0.927. The predicted octanol–water partition coefficient (Wildman–Crippen LogP) is 3.70. The highest BCUT2D eigenvalue weighted by molar-refractivity contribution is 6.05. The van der Waals surface area contributed by atoms with Crippen molar-refractivity contribution in [3.8, 4) is 5.75 Å². The fourth-order valence-corrected chi connectivity index (χ4v) is 2.43. The molecule has 0 unspecified atom stereocenters. The van der Waals surface area contributed by atoms with E-state index in [4.69, 9.17) is 9.15 Å². The zero-order valence-electron chi connectivity index (χ0n) is 14.8. The number of carbonyl (C=O) groups excluding carboxylic acids is 1. The van der Waals surface area contributed by atoms with E-state index in [1.165, 1.54) is 12.1 Å². The predicted molar refractivity (Wildman–Crippen MR) is 97.4 cm³/mol. The Labute approximate surface area is 154 Å². The van der Waals surface area contributed by atoms with Crippen molar-refractivity contribution in [3.63, 3.8) is 0 Å². The number of benzene rings is 1. The molecule has 0 aliphatic rings. The number of allylic oxidation sites excluding steroid dienone is 1. The molecule has 2 aromatic heterocycles. The van der Waals surface area contributed by atoms with Crippen LogP contribution in [-0.2, 0) is 13.7 Å². The summed E-state index contributed by atoms with van der Waals surface area (Å²) in [6.07, 6.45) is 4.66. The first-order valence-corrected chi connectivity index (χ1v) is 8.11. The molecule has 0 atom stereocenters. The van der Waals surface area contributed by atoms with Gasteiger partial charge in [0.1, 0.15) is 29.6 Å². The number of hydrogen-bond acceptors (Lipinski definition) is 6. The Morgan fingerprint density at radius 3 is 2.81 bits per heavy atom. The minimum absolute atomic E-state index is 0.0466. The maximum Gasteiger partial charge on any atom is 0.272 e. The van der Waals surface area contributed by atoms with Crippen LogP contribution in [-0.4, -0.2) is 20.5 Å². The Morgan fingerprint density at radius 1 is 1.33 bits per heavy atom. The highest BCUT2D eigenvalue weighted by Gasteiger charge is 2.11. The molecular weight excluding hydrogens is 350 g/mol. The second kappa shape index (κ2) is 7.69. The molecule has 0 saturated heterocycles. The highest BCUT2D eigenvalue weighted by atomic mass is 16.6. The number of nitro benzene ring substituents is 1. The van der Waals surface area contributed by atoms with Gasteiger partial charge in [-0.25, -0.2) is 0 Å². The zero-order valence-corrected chi connectivity index (χ0v) is 14.8. The molecule has 0 aliphatic carbocycles. The van der Waals surface area contributed by atoms with E-state index >= 15 is 0 Å². The monoisotopic (exact) mass is 367 g/mol. The van der Waals surface area contributed by atoms with Gasteiger partial charge >= 0.3 is 0 Å². The smallest absolute Gasteiger partial charge is 0.272 e. The molecule has 0 spiro atoms. The quantitative estimate of drug-likeness (QED) is 0.273. The average Bonchev–Trinajstić information content (AvgIpc) is 3.26. The number of nitro groups is 1. The second-order valence-corrected chi connectivity index (χ2v) is 5.87. The largest absolute Gasteiger partial charge is 0.486 e. The highest BCUT2D eigenvalue weighted by Crippen LogP contribution is 2.24. The van der Waals surface area contributed by atoms with Gasteiger partial charge in [0, 0.05) is 24.9 Å². The minimum atomic E-state index is -0.434. The molecule has 8 heteroatoms. The van der Waals surface area contributed by atoms with Crippen LogP contribution in [0.5, 0.6) is 5.75 Å². The summed E-state index contributed by atoms with van der Waals surface area (Å²) < 4.78 is 12.7. The molecule has 0 bridgehead atoms. The first kappa shape index (κ1) is 18.1. The number of aryl methyl sites for hydroxylation is 2. The second-order valence-electron chi connectivity index (χ2n) is 5.87. The lowest BCUT2D eigenvalue weighted by Crippen LogP contribution is -1.97. The van der Waals surface area contributed by atoms with Crippen molar-refractivity contribution in [1.29, 1.82) is 0 Å². The molecule has 0 fully saturated rings. The SMILES string of the molecule is Cc1cc(OCc2ccc(/C=C/C(=O)c3ccn(C)n3)o2)ccc1[N+](=O)[O-]. The Bertz CT molecular complexity index is 1020. The zero-order chi connectivity index (χ0) is 19.4. The summed E-state index contributed by atoms with van der Waals surface area (Å²) in [4.78, 5) is 22.4. The van der Waals surface area contributed by atoms with Gasteiger partial charge in [-0.1, -0.05) is 0 Å². The Balaban J connectivity index is 1.59. The third-order valence-corrected chi connectivity index (χ3v) is 3.79. The Kier molecular flexibility index (Phi) is 5.16. The number of ether oxygens (including phenoxy) is 1. The van der Waals surface area contributed by atoms with Crippen molar-refractivity contribution >= 4 is 17.5 Å². The molecular formula is C19H17N3O5. The summed E-state index contributed by atoms with van der Waals surface area (Å²) >= 11 is 0. The third kappa shape index (κ3) is 4.49. The number of rotatable bonds is 7. The van der Waals surface area contributed by atoms with Gasteiger partial charge < -0.3 is 9.15 Å². The summed E-state index contributed by atoms with van der Waals surface area (Å²) in [6, 6.07) is 9.66. The van der Waals surface area contributed by atoms with E-state index in [0.717, 1.165) is 0 Å². The van der Waals surface area contributed by atoms with Crippen molar-refractivity contribution in [2.75, 3.05) is 0 Å².